The summed E-state index contributed by atoms with van der Waals surface area (Å²) in [5, 5.41) is 5.37. The maximum atomic E-state index is 12.6. The topological polar surface area (TPSA) is 71.1 Å². The molecule has 2 N–H and O–H groups in total. The van der Waals surface area contributed by atoms with E-state index in [9.17, 15) is 22.8 Å². The van der Waals surface area contributed by atoms with Crippen molar-refractivity contribution in [2.24, 2.45) is 0 Å². The number of amides is 2. The molecule has 2 amide bonds. The lowest BCUT2D eigenvalue weighted by Crippen LogP contribution is -2.33. The van der Waals surface area contributed by atoms with Gasteiger partial charge >= 0.3 is 6.18 Å². The molecule has 0 bridgehead atoms. The third kappa shape index (κ3) is 4.84. The lowest BCUT2D eigenvalue weighted by molar-refractivity contribution is -0.137. The highest BCUT2D eigenvalue weighted by molar-refractivity contribution is 6.03. The highest BCUT2D eigenvalue weighted by atomic mass is 19.4. The molecular weight excluding hydrogens is 359 g/mol. The monoisotopic (exact) mass is 377 g/mol. The molecule has 1 aliphatic rings. The van der Waals surface area contributed by atoms with Crippen LogP contribution in [0.3, 0.4) is 0 Å². The van der Waals surface area contributed by atoms with Gasteiger partial charge < -0.3 is 10.6 Å². The van der Waals surface area contributed by atoms with E-state index in [1.807, 2.05) is 0 Å². The zero-order valence-corrected chi connectivity index (χ0v) is 14.3. The number of halogens is 3. The van der Waals surface area contributed by atoms with E-state index in [0.717, 1.165) is 49.9 Å². The molecule has 3 rings (SSSR count). The summed E-state index contributed by atoms with van der Waals surface area (Å²) in [6.07, 6.45) is -0.424. The summed E-state index contributed by atoms with van der Waals surface area (Å²) in [7, 11) is 0. The van der Waals surface area contributed by atoms with Crippen molar-refractivity contribution in [3.05, 3.63) is 59.4 Å². The fourth-order valence-electron chi connectivity index (χ4n) is 2.95. The van der Waals surface area contributed by atoms with Gasteiger partial charge in [0.15, 0.2) is 0 Å². The molecule has 1 saturated carbocycles. The third-order valence-electron chi connectivity index (χ3n) is 4.37. The number of aromatic nitrogens is 1. The van der Waals surface area contributed by atoms with Crippen molar-refractivity contribution in [3.8, 4) is 0 Å². The Balaban J connectivity index is 1.67. The molecule has 0 atom stereocenters. The third-order valence-corrected chi connectivity index (χ3v) is 4.37. The van der Waals surface area contributed by atoms with Crippen LogP contribution in [0.4, 0.5) is 18.9 Å². The van der Waals surface area contributed by atoms with Crippen LogP contribution < -0.4 is 10.6 Å². The SMILES string of the molecule is O=C(Nc1ccc(C(F)(F)F)cc1)c1cccc(C(=O)NC2CCCC2)n1. The molecule has 0 radical (unpaired) electrons. The number of pyridine rings is 1. The molecule has 1 aromatic carbocycles. The average molecular weight is 377 g/mol. The molecule has 0 unspecified atom stereocenters. The molecule has 0 spiro atoms. The smallest absolute Gasteiger partial charge is 0.348 e. The van der Waals surface area contributed by atoms with Gasteiger partial charge in [-0.25, -0.2) is 4.98 Å². The van der Waals surface area contributed by atoms with Gasteiger partial charge in [-0.2, -0.15) is 13.2 Å². The molecule has 27 heavy (non-hydrogen) atoms. The Morgan fingerprint density at radius 2 is 1.52 bits per heavy atom. The highest BCUT2D eigenvalue weighted by Crippen LogP contribution is 2.29. The first kappa shape index (κ1) is 18.9. The standard InChI is InChI=1S/C19H18F3N3O2/c20-19(21,22)12-8-10-14(11-9-12)24-18(27)16-7-3-6-15(25-16)17(26)23-13-4-1-2-5-13/h3,6-11,13H,1-2,4-5H2,(H,23,26)(H,24,27). The van der Waals surface area contributed by atoms with Crippen molar-refractivity contribution < 1.29 is 22.8 Å². The van der Waals surface area contributed by atoms with E-state index >= 15 is 0 Å². The largest absolute Gasteiger partial charge is 0.416 e. The first-order chi connectivity index (χ1) is 12.8. The maximum Gasteiger partial charge on any atom is 0.416 e. The fourth-order valence-corrected chi connectivity index (χ4v) is 2.95. The van der Waals surface area contributed by atoms with E-state index in [1.165, 1.54) is 18.2 Å². The molecule has 0 saturated heterocycles. The molecule has 142 valence electrons. The Morgan fingerprint density at radius 1 is 0.926 bits per heavy atom. The Labute approximate surface area is 154 Å². The molecule has 2 aromatic rings. The Morgan fingerprint density at radius 3 is 2.11 bits per heavy atom. The number of hydrogen-bond donors (Lipinski definition) is 2. The van der Waals surface area contributed by atoms with Crippen molar-refractivity contribution in [2.45, 2.75) is 37.9 Å². The van der Waals surface area contributed by atoms with Gasteiger partial charge in [-0.15, -0.1) is 0 Å². The quantitative estimate of drug-likeness (QED) is 0.845. The van der Waals surface area contributed by atoms with Gasteiger partial charge in [0.2, 0.25) is 0 Å². The summed E-state index contributed by atoms with van der Waals surface area (Å²) >= 11 is 0. The lowest BCUT2D eigenvalue weighted by atomic mass is 10.2. The number of carbonyl (C=O) groups is 2. The van der Waals surface area contributed by atoms with Crippen LogP contribution in [0.15, 0.2) is 42.5 Å². The molecular formula is C19H18F3N3O2. The summed E-state index contributed by atoms with van der Waals surface area (Å²) in [6.45, 7) is 0. The fraction of sp³-hybridized carbons (Fsp3) is 0.316. The van der Waals surface area contributed by atoms with E-state index in [4.69, 9.17) is 0 Å². The van der Waals surface area contributed by atoms with E-state index in [0.29, 0.717) is 0 Å². The molecule has 0 aliphatic heterocycles. The maximum absolute atomic E-state index is 12.6. The molecule has 1 aliphatic carbocycles. The summed E-state index contributed by atoms with van der Waals surface area (Å²) in [4.78, 5) is 28.6. The van der Waals surface area contributed by atoms with Crippen molar-refractivity contribution >= 4 is 17.5 Å². The summed E-state index contributed by atoms with van der Waals surface area (Å²) in [5.74, 6) is -0.948. The van der Waals surface area contributed by atoms with Crippen molar-refractivity contribution in [2.75, 3.05) is 5.32 Å². The predicted octanol–water partition coefficient (Wildman–Crippen LogP) is 4.03. The molecule has 5 nitrogen and oxygen atoms in total. The van der Waals surface area contributed by atoms with Gasteiger partial charge in [-0.1, -0.05) is 18.9 Å². The van der Waals surface area contributed by atoms with E-state index in [1.54, 1.807) is 0 Å². The van der Waals surface area contributed by atoms with Crippen molar-refractivity contribution in [1.29, 1.82) is 0 Å². The zero-order valence-electron chi connectivity index (χ0n) is 14.3. The van der Waals surface area contributed by atoms with Crippen LogP contribution in [0.25, 0.3) is 0 Å². The van der Waals surface area contributed by atoms with E-state index in [2.05, 4.69) is 15.6 Å². The summed E-state index contributed by atoms with van der Waals surface area (Å²) in [5.41, 5.74) is -0.462. The van der Waals surface area contributed by atoms with Gasteiger partial charge in [0.05, 0.1) is 5.56 Å². The normalized spacial score (nSPS) is 14.8. The average Bonchev–Trinajstić information content (AvgIpc) is 3.14. The Hall–Kier alpha value is -2.90. The summed E-state index contributed by atoms with van der Waals surface area (Å²) < 4.78 is 37.7. The highest BCUT2D eigenvalue weighted by Gasteiger charge is 2.30. The molecule has 1 heterocycles. The second-order valence-corrected chi connectivity index (χ2v) is 6.39. The second-order valence-electron chi connectivity index (χ2n) is 6.39. The molecule has 8 heteroatoms. The minimum absolute atomic E-state index is 0.00831. The molecule has 1 fully saturated rings. The van der Waals surface area contributed by atoms with Gasteiger partial charge in [-0.05, 0) is 49.2 Å². The lowest BCUT2D eigenvalue weighted by Gasteiger charge is -2.12. The van der Waals surface area contributed by atoms with Crippen LogP contribution in [-0.4, -0.2) is 22.8 Å². The van der Waals surface area contributed by atoms with Crippen LogP contribution in [0.5, 0.6) is 0 Å². The number of nitrogens with zero attached hydrogens (tertiary/aromatic N) is 1. The number of anilines is 1. The van der Waals surface area contributed by atoms with Crippen LogP contribution in [0, 0.1) is 0 Å². The second kappa shape index (κ2) is 7.77. The Bertz CT molecular complexity index is 829. The van der Waals surface area contributed by atoms with Gasteiger partial charge in [0, 0.05) is 11.7 Å². The van der Waals surface area contributed by atoms with E-state index in [-0.39, 0.29) is 29.0 Å². The zero-order chi connectivity index (χ0) is 19.4. The van der Waals surface area contributed by atoms with Crippen LogP contribution in [-0.2, 0) is 6.18 Å². The minimum Gasteiger partial charge on any atom is -0.348 e. The number of hydrogen-bond acceptors (Lipinski definition) is 3. The van der Waals surface area contributed by atoms with Crippen molar-refractivity contribution in [1.82, 2.24) is 10.3 Å². The number of carbonyl (C=O) groups excluding carboxylic acids is 2. The van der Waals surface area contributed by atoms with Gasteiger partial charge in [0.25, 0.3) is 11.8 Å². The molecule has 1 aromatic heterocycles. The van der Waals surface area contributed by atoms with Crippen LogP contribution >= 0.6 is 0 Å². The Kier molecular flexibility index (Phi) is 5.43. The summed E-state index contributed by atoms with van der Waals surface area (Å²) in [6, 6.07) is 8.71. The van der Waals surface area contributed by atoms with Crippen LogP contribution in [0.2, 0.25) is 0 Å². The first-order valence-corrected chi connectivity index (χ1v) is 8.59. The first-order valence-electron chi connectivity index (χ1n) is 8.59. The van der Waals surface area contributed by atoms with Crippen LogP contribution in [0.1, 0.15) is 52.2 Å². The van der Waals surface area contributed by atoms with Gasteiger partial charge in [0.1, 0.15) is 11.4 Å². The number of benzene rings is 1. The number of alkyl halides is 3. The van der Waals surface area contributed by atoms with Crippen molar-refractivity contribution in [3.63, 3.8) is 0 Å². The number of nitrogens with one attached hydrogen (secondary N) is 2. The predicted molar refractivity (Wildman–Crippen MR) is 93.4 cm³/mol. The van der Waals surface area contributed by atoms with E-state index < -0.39 is 17.6 Å². The minimum atomic E-state index is -4.44. The van der Waals surface area contributed by atoms with Gasteiger partial charge in [-0.3, -0.25) is 9.59 Å². The number of rotatable bonds is 4.